The van der Waals surface area contributed by atoms with Crippen LogP contribution in [0.4, 0.5) is 0 Å². The Morgan fingerprint density at radius 2 is 2.00 bits per heavy atom. The second-order valence-electron chi connectivity index (χ2n) is 1.31. The number of rotatable bonds is 3. The normalized spacial score (nSPS) is 12.4. The summed E-state index contributed by atoms with van der Waals surface area (Å²) in [6, 6.07) is 0. The maximum absolute atomic E-state index is 5.59. The summed E-state index contributed by atoms with van der Waals surface area (Å²) in [5, 5.41) is 5.79. The maximum Gasteiger partial charge on any atom is 0.0949 e. The summed E-state index contributed by atoms with van der Waals surface area (Å²) in [4.78, 5) is 0. The van der Waals surface area contributed by atoms with Crippen LogP contribution in [-0.4, -0.2) is 26.1 Å². The van der Waals surface area contributed by atoms with E-state index in [0.29, 0.717) is 0 Å². The Hall–Kier alpha value is 0.500. The van der Waals surface area contributed by atoms with Gasteiger partial charge in [0.05, 0.1) is 5.50 Å². The summed E-state index contributed by atoms with van der Waals surface area (Å²) < 4.78 is 0. The van der Waals surface area contributed by atoms with Crippen molar-refractivity contribution in [1.82, 2.24) is 10.6 Å². The number of likely N-dealkylation sites (N-methyl/N-ethyl adjacent to an activating group) is 2. The molecule has 0 aromatic carbocycles. The van der Waals surface area contributed by atoms with Crippen LogP contribution in [0.1, 0.15) is 0 Å². The van der Waals surface area contributed by atoms with Gasteiger partial charge in [0.25, 0.3) is 0 Å². The molecule has 0 aromatic heterocycles. The van der Waals surface area contributed by atoms with Gasteiger partial charge in [0.1, 0.15) is 0 Å². The first-order chi connectivity index (χ1) is 3.31. The molecule has 0 spiro atoms. The van der Waals surface area contributed by atoms with E-state index < -0.39 is 0 Å². The monoisotopic (exact) mass is 158 g/mol. The number of alkyl halides is 1. The first kappa shape index (κ1) is 11.3. The molecule has 0 aliphatic carbocycles. The Morgan fingerprint density at radius 1 is 1.50 bits per heavy atom. The highest BCUT2D eigenvalue weighted by Crippen LogP contribution is 1.82. The SMILES string of the molecule is CNCC(Cl)NC.Cl. The number of hydrogen-bond donors (Lipinski definition) is 2. The standard InChI is InChI=1S/C4H11ClN2.ClH/c1-6-3-4(5)7-2;/h4,6-7H,3H2,1-2H3;1H. The van der Waals surface area contributed by atoms with Crippen molar-refractivity contribution in [3.8, 4) is 0 Å². The first-order valence-corrected chi connectivity index (χ1v) is 2.71. The molecule has 4 heteroatoms. The smallest absolute Gasteiger partial charge is 0.0949 e. The van der Waals surface area contributed by atoms with Crippen LogP contribution in [0.15, 0.2) is 0 Å². The Labute approximate surface area is 61.4 Å². The fourth-order valence-corrected chi connectivity index (χ4v) is 0.436. The predicted molar refractivity (Wildman–Crippen MR) is 39.9 cm³/mol. The van der Waals surface area contributed by atoms with E-state index in [1.54, 1.807) is 0 Å². The molecule has 1 atom stereocenters. The fraction of sp³-hybridized carbons (Fsp3) is 1.00. The van der Waals surface area contributed by atoms with Crippen LogP contribution < -0.4 is 10.6 Å². The van der Waals surface area contributed by atoms with Crippen molar-refractivity contribution >= 4 is 24.0 Å². The van der Waals surface area contributed by atoms with Crippen LogP contribution in [0.2, 0.25) is 0 Å². The van der Waals surface area contributed by atoms with E-state index in [4.69, 9.17) is 11.6 Å². The average molecular weight is 159 g/mol. The lowest BCUT2D eigenvalue weighted by Crippen LogP contribution is -2.29. The van der Waals surface area contributed by atoms with Gasteiger partial charge in [-0.05, 0) is 14.1 Å². The molecule has 0 bridgehead atoms. The third kappa shape index (κ3) is 6.50. The van der Waals surface area contributed by atoms with Gasteiger partial charge in [0, 0.05) is 6.54 Å². The van der Waals surface area contributed by atoms with Crippen molar-refractivity contribution in [3.63, 3.8) is 0 Å². The van der Waals surface area contributed by atoms with Crippen LogP contribution >= 0.6 is 24.0 Å². The molecule has 0 amide bonds. The van der Waals surface area contributed by atoms with Gasteiger partial charge in [-0.15, -0.1) is 24.0 Å². The molecule has 0 radical (unpaired) electrons. The van der Waals surface area contributed by atoms with E-state index >= 15 is 0 Å². The topological polar surface area (TPSA) is 24.1 Å². The lowest BCUT2D eigenvalue weighted by Gasteiger charge is -2.03. The zero-order chi connectivity index (χ0) is 5.70. The van der Waals surface area contributed by atoms with Crippen LogP contribution in [-0.2, 0) is 0 Å². The van der Waals surface area contributed by atoms with E-state index in [1.165, 1.54) is 0 Å². The van der Waals surface area contributed by atoms with Gasteiger partial charge in [0.15, 0.2) is 0 Å². The Balaban J connectivity index is 0. The first-order valence-electron chi connectivity index (χ1n) is 2.27. The summed E-state index contributed by atoms with van der Waals surface area (Å²) in [5.41, 5.74) is 0.0602. The molecule has 0 heterocycles. The molecule has 0 aliphatic rings. The van der Waals surface area contributed by atoms with Gasteiger partial charge >= 0.3 is 0 Å². The Kier molecular flexibility index (Phi) is 10.6. The Bertz CT molecular complexity index is 43.0. The van der Waals surface area contributed by atoms with E-state index in [0.717, 1.165) is 6.54 Å². The number of nitrogens with one attached hydrogen (secondary N) is 2. The molecule has 0 saturated heterocycles. The molecule has 1 unspecified atom stereocenters. The van der Waals surface area contributed by atoms with Crippen LogP contribution in [0.3, 0.4) is 0 Å². The predicted octanol–water partition coefficient (Wildman–Crippen LogP) is 0.412. The summed E-state index contributed by atoms with van der Waals surface area (Å²) in [6.45, 7) is 0.804. The summed E-state index contributed by atoms with van der Waals surface area (Å²) in [7, 11) is 3.70. The quantitative estimate of drug-likeness (QED) is 0.460. The second kappa shape index (κ2) is 7.50. The molecule has 0 rings (SSSR count). The summed E-state index contributed by atoms with van der Waals surface area (Å²) in [5.74, 6) is 0. The summed E-state index contributed by atoms with van der Waals surface area (Å²) >= 11 is 5.59. The molecular formula is C4H12Cl2N2. The van der Waals surface area contributed by atoms with Crippen molar-refractivity contribution in [2.75, 3.05) is 20.6 Å². The third-order valence-corrected chi connectivity index (χ3v) is 1.07. The van der Waals surface area contributed by atoms with Crippen molar-refractivity contribution in [2.45, 2.75) is 5.50 Å². The van der Waals surface area contributed by atoms with E-state index in [-0.39, 0.29) is 17.9 Å². The second-order valence-corrected chi connectivity index (χ2v) is 1.84. The van der Waals surface area contributed by atoms with Crippen molar-refractivity contribution < 1.29 is 0 Å². The molecule has 0 fully saturated rings. The van der Waals surface area contributed by atoms with Gasteiger partial charge in [-0.25, -0.2) is 0 Å². The minimum atomic E-state index is 0. The fourth-order valence-electron chi connectivity index (χ4n) is 0.281. The van der Waals surface area contributed by atoms with Gasteiger partial charge in [-0.2, -0.15) is 0 Å². The number of halogens is 2. The molecular weight excluding hydrogens is 147 g/mol. The Morgan fingerprint density at radius 3 is 2.12 bits per heavy atom. The minimum absolute atomic E-state index is 0. The largest absolute Gasteiger partial charge is 0.317 e. The molecule has 0 aromatic rings. The van der Waals surface area contributed by atoms with E-state index in [9.17, 15) is 0 Å². The highest BCUT2D eigenvalue weighted by molar-refractivity contribution is 6.20. The lowest BCUT2D eigenvalue weighted by atomic mass is 10.6. The van der Waals surface area contributed by atoms with Crippen molar-refractivity contribution in [3.05, 3.63) is 0 Å². The zero-order valence-corrected chi connectivity index (χ0v) is 6.64. The highest BCUT2D eigenvalue weighted by atomic mass is 35.5. The van der Waals surface area contributed by atoms with E-state index in [1.807, 2.05) is 14.1 Å². The zero-order valence-electron chi connectivity index (χ0n) is 5.07. The van der Waals surface area contributed by atoms with Crippen LogP contribution in [0, 0.1) is 0 Å². The lowest BCUT2D eigenvalue weighted by molar-refractivity contribution is 0.667. The third-order valence-electron chi connectivity index (χ3n) is 0.697. The molecule has 2 nitrogen and oxygen atoms in total. The van der Waals surface area contributed by atoms with Crippen LogP contribution in [0.5, 0.6) is 0 Å². The average Bonchev–Trinajstić information content (AvgIpc) is 1.68. The molecule has 2 N–H and O–H groups in total. The van der Waals surface area contributed by atoms with Gasteiger partial charge < -0.3 is 10.6 Å². The molecule has 52 valence electrons. The van der Waals surface area contributed by atoms with Gasteiger partial charge in [-0.3, -0.25) is 0 Å². The van der Waals surface area contributed by atoms with Crippen LogP contribution in [0.25, 0.3) is 0 Å². The molecule has 8 heavy (non-hydrogen) atoms. The number of hydrogen-bond acceptors (Lipinski definition) is 2. The minimum Gasteiger partial charge on any atom is -0.317 e. The highest BCUT2D eigenvalue weighted by Gasteiger charge is 1.93. The molecule has 0 saturated carbocycles. The van der Waals surface area contributed by atoms with Gasteiger partial charge in [-0.1, -0.05) is 0 Å². The molecule has 0 aliphatic heterocycles. The van der Waals surface area contributed by atoms with E-state index in [2.05, 4.69) is 10.6 Å². The van der Waals surface area contributed by atoms with Gasteiger partial charge in [0.2, 0.25) is 0 Å². The van der Waals surface area contributed by atoms with Crippen molar-refractivity contribution in [1.29, 1.82) is 0 Å². The maximum atomic E-state index is 5.59. The van der Waals surface area contributed by atoms with Crippen molar-refractivity contribution in [2.24, 2.45) is 0 Å². The summed E-state index contributed by atoms with van der Waals surface area (Å²) in [6.07, 6.45) is 0.